The summed E-state index contributed by atoms with van der Waals surface area (Å²) < 4.78 is 0. The molecule has 0 saturated heterocycles. The van der Waals surface area contributed by atoms with Crippen molar-refractivity contribution in [3.63, 3.8) is 0 Å². The second-order valence-electron chi connectivity index (χ2n) is 8.80. The summed E-state index contributed by atoms with van der Waals surface area (Å²) in [5.74, 6) is -0.620. The number of phenols is 1. The van der Waals surface area contributed by atoms with E-state index in [9.17, 15) is 19.5 Å². The van der Waals surface area contributed by atoms with Crippen LogP contribution in [0.4, 0.5) is 5.69 Å². The van der Waals surface area contributed by atoms with E-state index >= 15 is 0 Å². The molecule has 0 spiro atoms. The molecule has 182 valence electrons. The molecule has 8 heteroatoms. The summed E-state index contributed by atoms with van der Waals surface area (Å²) in [6, 6.07) is 18.7. The Morgan fingerprint density at radius 1 is 0.806 bits per heavy atom. The van der Waals surface area contributed by atoms with Crippen LogP contribution in [0.2, 0.25) is 5.02 Å². The third-order valence-corrected chi connectivity index (χ3v) is 6.67. The first-order chi connectivity index (χ1) is 17.4. The average molecular weight is 502 g/mol. The molecule has 7 nitrogen and oxygen atoms in total. The van der Waals surface area contributed by atoms with Crippen LogP contribution in [0, 0.1) is 0 Å². The van der Waals surface area contributed by atoms with Gasteiger partial charge in [-0.25, -0.2) is 0 Å². The number of amides is 3. The largest absolute Gasteiger partial charge is 0.508 e. The molecule has 0 radical (unpaired) electrons. The Bertz CT molecular complexity index is 1340. The van der Waals surface area contributed by atoms with Crippen molar-refractivity contribution >= 4 is 35.0 Å². The summed E-state index contributed by atoms with van der Waals surface area (Å²) >= 11 is 5.95. The maximum atomic E-state index is 13.4. The van der Waals surface area contributed by atoms with E-state index < -0.39 is 0 Å². The number of hydrogen-bond donors (Lipinski definition) is 1. The molecule has 0 unspecified atom stereocenters. The van der Waals surface area contributed by atoms with Crippen LogP contribution in [-0.2, 0) is 17.9 Å². The number of anilines is 1. The zero-order valence-electron chi connectivity index (χ0n) is 19.4. The fraction of sp³-hybridized carbons (Fsp3) is 0.179. The number of hydrogen-bond acceptors (Lipinski definition) is 4. The Morgan fingerprint density at radius 2 is 1.42 bits per heavy atom. The Hall–Kier alpha value is -4.10. The van der Waals surface area contributed by atoms with Crippen LogP contribution in [0.5, 0.6) is 5.75 Å². The van der Waals surface area contributed by atoms with Gasteiger partial charge in [0.25, 0.3) is 11.8 Å². The third kappa shape index (κ3) is 4.70. The van der Waals surface area contributed by atoms with Crippen LogP contribution < -0.4 is 4.90 Å². The summed E-state index contributed by atoms with van der Waals surface area (Å²) in [7, 11) is 0. The molecule has 1 N–H and O–H groups in total. The fourth-order valence-corrected chi connectivity index (χ4v) is 4.59. The van der Waals surface area contributed by atoms with Gasteiger partial charge < -0.3 is 19.8 Å². The maximum absolute atomic E-state index is 13.4. The van der Waals surface area contributed by atoms with Gasteiger partial charge in [-0.15, -0.1) is 0 Å². The van der Waals surface area contributed by atoms with E-state index in [1.165, 1.54) is 4.90 Å². The Kier molecular flexibility index (Phi) is 6.48. The summed E-state index contributed by atoms with van der Waals surface area (Å²) in [6.45, 7) is 1.39. The van der Waals surface area contributed by atoms with Gasteiger partial charge >= 0.3 is 0 Å². The van der Waals surface area contributed by atoms with Crippen molar-refractivity contribution in [1.82, 2.24) is 9.80 Å². The number of phenolic OH excluding ortho intramolecular Hbond substituents is 1. The first kappa shape index (κ1) is 23.6. The molecular weight excluding hydrogens is 478 g/mol. The van der Waals surface area contributed by atoms with Crippen molar-refractivity contribution in [2.75, 3.05) is 24.5 Å². The molecule has 5 rings (SSSR count). The van der Waals surface area contributed by atoms with Crippen LogP contribution in [0.3, 0.4) is 0 Å². The van der Waals surface area contributed by atoms with Crippen LogP contribution in [-0.4, -0.2) is 52.3 Å². The van der Waals surface area contributed by atoms with Gasteiger partial charge in [0.05, 0.1) is 18.8 Å². The van der Waals surface area contributed by atoms with Crippen molar-refractivity contribution in [2.45, 2.75) is 13.1 Å². The highest BCUT2D eigenvalue weighted by atomic mass is 35.5. The Morgan fingerprint density at radius 3 is 2.08 bits per heavy atom. The number of carbonyl (C=O) groups is 3. The van der Waals surface area contributed by atoms with E-state index in [2.05, 4.69) is 0 Å². The molecule has 2 heterocycles. The van der Waals surface area contributed by atoms with Crippen LogP contribution >= 0.6 is 11.6 Å². The third-order valence-electron chi connectivity index (χ3n) is 6.42. The van der Waals surface area contributed by atoms with Crippen molar-refractivity contribution in [3.8, 4) is 5.75 Å². The van der Waals surface area contributed by atoms with E-state index in [4.69, 9.17) is 11.6 Å². The number of benzene rings is 3. The second-order valence-corrected chi connectivity index (χ2v) is 9.24. The molecule has 3 aromatic rings. The summed E-state index contributed by atoms with van der Waals surface area (Å²) in [6.07, 6.45) is 3.93. The smallest absolute Gasteiger partial charge is 0.254 e. The van der Waals surface area contributed by atoms with Gasteiger partial charge in [-0.05, 0) is 54.1 Å². The highest BCUT2D eigenvalue weighted by Crippen LogP contribution is 2.34. The van der Waals surface area contributed by atoms with Gasteiger partial charge in [0, 0.05) is 34.8 Å². The van der Waals surface area contributed by atoms with Crippen LogP contribution in [0.25, 0.3) is 0 Å². The van der Waals surface area contributed by atoms with Crippen molar-refractivity contribution in [1.29, 1.82) is 0 Å². The fourth-order valence-electron chi connectivity index (χ4n) is 4.46. The van der Waals surface area contributed by atoms with E-state index in [1.807, 2.05) is 24.3 Å². The molecule has 2 aliphatic rings. The molecule has 0 aliphatic carbocycles. The number of fused-ring (bicyclic) bond motifs is 1. The minimum Gasteiger partial charge on any atom is -0.508 e. The summed E-state index contributed by atoms with van der Waals surface area (Å²) in [4.78, 5) is 44.0. The van der Waals surface area contributed by atoms with Gasteiger partial charge in [-0.2, -0.15) is 0 Å². The minimum atomic E-state index is -0.324. The molecule has 0 aromatic heterocycles. The predicted octanol–water partition coefficient (Wildman–Crippen LogP) is 4.25. The van der Waals surface area contributed by atoms with E-state index in [0.717, 1.165) is 5.56 Å². The lowest BCUT2D eigenvalue weighted by Gasteiger charge is -2.23. The normalized spacial score (nSPS) is 15.1. The lowest BCUT2D eigenvalue weighted by atomic mass is 10.1. The molecule has 0 fully saturated rings. The van der Waals surface area contributed by atoms with Gasteiger partial charge in [0.2, 0.25) is 5.91 Å². The zero-order chi connectivity index (χ0) is 25.2. The number of nitrogens with zero attached hydrogens (tertiary/aromatic N) is 3. The molecule has 0 bridgehead atoms. The minimum absolute atomic E-state index is 0.0151. The average Bonchev–Trinajstić information content (AvgIpc) is 3.38. The topological polar surface area (TPSA) is 81.2 Å². The van der Waals surface area contributed by atoms with E-state index in [-0.39, 0.29) is 43.1 Å². The molecule has 3 aromatic carbocycles. The zero-order valence-corrected chi connectivity index (χ0v) is 20.2. The van der Waals surface area contributed by atoms with Crippen molar-refractivity contribution in [2.24, 2.45) is 0 Å². The van der Waals surface area contributed by atoms with E-state index in [0.29, 0.717) is 40.5 Å². The SMILES string of the molecule is O=C(c1ccc(CN2C(=O)CN(C(=O)c3ccc(Cl)cc3)Cc3c(O)cccc32)cc1)N1CC=CC1. The Balaban J connectivity index is 1.40. The first-order valence-electron chi connectivity index (χ1n) is 11.6. The highest BCUT2D eigenvalue weighted by molar-refractivity contribution is 6.30. The lowest BCUT2D eigenvalue weighted by molar-refractivity contribution is -0.119. The van der Waals surface area contributed by atoms with Crippen molar-refractivity contribution < 1.29 is 19.5 Å². The summed E-state index contributed by atoms with van der Waals surface area (Å²) in [5, 5.41) is 11.1. The molecule has 2 aliphatic heterocycles. The molecule has 0 saturated carbocycles. The summed E-state index contributed by atoms with van der Waals surface area (Å²) in [5.41, 5.74) is 2.87. The van der Waals surface area contributed by atoms with E-state index in [1.54, 1.807) is 64.4 Å². The second kappa shape index (κ2) is 9.87. The number of aromatic hydroxyl groups is 1. The quantitative estimate of drug-likeness (QED) is 0.542. The molecule has 3 amide bonds. The number of rotatable bonds is 4. The molecule has 0 atom stereocenters. The van der Waals surface area contributed by atoms with Gasteiger partial charge in [-0.3, -0.25) is 14.4 Å². The number of carbonyl (C=O) groups excluding carboxylic acids is 3. The lowest BCUT2D eigenvalue weighted by Crippen LogP contribution is -2.39. The van der Waals surface area contributed by atoms with Crippen molar-refractivity contribution in [3.05, 3.63) is 106 Å². The van der Waals surface area contributed by atoms with Gasteiger partial charge in [-0.1, -0.05) is 42.0 Å². The molecule has 36 heavy (non-hydrogen) atoms. The molecular formula is C28H24ClN3O4. The highest BCUT2D eigenvalue weighted by Gasteiger charge is 2.31. The Labute approximate surface area is 213 Å². The van der Waals surface area contributed by atoms with Crippen LogP contribution in [0.15, 0.2) is 78.9 Å². The monoisotopic (exact) mass is 501 g/mol. The number of halogens is 1. The first-order valence-corrected chi connectivity index (χ1v) is 12.0. The van der Waals surface area contributed by atoms with Crippen LogP contribution in [0.1, 0.15) is 31.8 Å². The predicted molar refractivity (Wildman–Crippen MR) is 137 cm³/mol. The van der Waals surface area contributed by atoms with Gasteiger partial charge in [0.15, 0.2) is 0 Å². The van der Waals surface area contributed by atoms with Gasteiger partial charge in [0.1, 0.15) is 12.3 Å². The maximum Gasteiger partial charge on any atom is 0.254 e. The standard InChI is InChI=1S/C28H24ClN3O4/c29-22-12-10-21(11-13-22)28(36)31-17-23-24(4-3-5-25(23)33)32(26(34)18-31)16-19-6-8-20(9-7-19)27(35)30-14-1-2-15-30/h1-13,33H,14-18H2.